The highest BCUT2D eigenvalue weighted by atomic mass is 16.2. The molecular weight excluding hydrogens is 374 g/mol. The van der Waals surface area contributed by atoms with Crippen LogP contribution in [0.4, 0.5) is 4.79 Å². The molecule has 9 heteroatoms. The van der Waals surface area contributed by atoms with Gasteiger partial charge < -0.3 is 10.6 Å². The van der Waals surface area contributed by atoms with Crippen molar-refractivity contribution in [3.63, 3.8) is 0 Å². The van der Waals surface area contributed by atoms with Crippen molar-refractivity contribution < 1.29 is 19.2 Å². The summed E-state index contributed by atoms with van der Waals surface area (Å²) in [6.45, 7) is 7.71. The van der Waals surface area contributed by atoms with Crippen molar-refractivity contribution in [2.24, 2.45) is 0 Å². The SMILES string of the molecule is CCN(CC(=O)NC(C)C)CC(=O)NN1C(=O)NC(CC)(c2ccccc2)C1=O. The van der Waals surface area contributed by atoms with Crippen LogP contribution in [0.3, 0.4) is 0 Å². The maximum Gasteiger partial charge on any atom is 0.344 e. The predicted octanol–water partition coefficient (Wildman–Crippen LogP) is 0.721. The van der Waals surface area contributed by atoms with Gasteiger partial charge in [-0.05, 0) is 32.4 Å². The van der Waals surface area contributed by atoms with Gasteiger partial charge in [-0.2, -0.15) is 5.01 Å². The Morgan fingerprint density at radius 2 is 1.72 bits per heavy atom. The van der Waals surface area contributed by atoms with E-state index < -0.39 is 23.4 Å². The fraction of sp³-hybridized carbons (Fsp3) is 0.500. The zero-order chi connectivity index (χ0) is 21.6. The summed E-state index contributed by atoms with van der Waals surface area (Å²) in [5.41, 5.74) is 1.81. The second-order valence-corrected chi connectivity index (χ2v) is 7.26. The van der Waals surface area contributed by atoms with Gasteiger partial charge in [0.1, 0.15) is 5.54 Å². The van der Waals surface area contributed by atoms with Gasteiger partial charge in [-0.25, -0.2) is 4.79 Å². The van der Waals surface area contributed by atoms with Gasteiger partial charge in [-0.1, -0.05) is 44.2 Å². The number of carbonyl (C=O) groups excluding carboxylic acids is 4. The second kappa shape index (κ2) is 9.51. The molecule has 1 atom stereocenters. The van der Waals surface area contributed by atoms with Gasteiger partial charge in [-0.3, -0.25) is 24.7 Å². The van der Waals surface area contributed by atoms with Gasteiger partial charge in [0.05, 0.1) is 13.1 Å². The quantitative estimate of drug-likeness (QED) is 0.526. The number of rotatable bonds is 9. The average molecular weight is 403 g/mol. The predicted molar refractivity (Wildman–Crippen MR) is 107 cm³/mol. The third-order valence-corrected chi connectivity index (χ3v) is 4.76. The summed E-state index contributed by atoms with van der Waals surface area (Å²) >= 11 is 0. The Hall–Kier alpha value is -2.94. The van der Waals surface area contributed by atoms with Gasteiger partial charge in [0.25, 0.3) is 11.8 Å². The van der Waals surface area contributed by atoms with E-state index in [0.29, 0.717) is 18.5 Å². The maximum absolute atomic E-state index is 13.0. The first-order chi connectivity index (χ1) is 13.7. The molecule has 158 valence electrons. The summed E-state index contributed by atoms with van der Waals surface area (Å²) < 4.78 is 0. The van der Waals surface area contributed by atoms with E-state index in [2.05, 4.69) is 16.1 Å². The molecule has 9 nitrogen and oxygen atoms in total. The number of hydrogen-bond acceptors (Lipinski definition) is 5. The summed E-state index contributed by atoms with van der Waals surface area (Å²) in [6, 6.07) is 8.24. The molecule has 0 saturated carbocycles. The molecule has 5 amide bonds. The van der Waals surface area contributed by atoms with Crippen molar-refractivity contribution in [1.29, 1.82) is 0 Å². The number of hydrogen-bond donors (Lipinski definition) is 3. The van der Waals surface area contributed by atoms with Gasteiger partial charge in [0, 0.05) is 6.04 Å². The van der Waals surface area contributed by atoms with Crippen molar-refractivity contribution >= 4 is 23.8 Å². The minimum absolute atomic E-state index is 0.00102. The number of amides is 5. The van der Waals surface area contributed by atoms with E-state index in [0.717, 1.165) is 5.01 Å². The lowest BCUT2D eigenvalue weighted by atomic mass is 9.87. The van der Waals surface area contributed by atoms with E-state index in [1.54, 1.807) is 36.1 Å². The molecule has 0 aliphatic carbocycles. The summed E-state index contributed by atoms with van der Waals surface area (Å²) in [5, 5.41) is 6.19. The highest BCUT2D eigenvalue weighted by molar-refractivity contribution is 6.08. The van der Waals surface area contributed by atoms with E-state index in [4.69, 9.17) is 0 Å². The van der Waals surface area contributed by atoms with Crippen LogP contribution in [-0.2, 0) is 19.9 Å². The molecule has 1 saturated heterocycles. The van der Waals surface area contributed by atoms with Crippen molar-refractivity contribution in [2.45, 2.75) is 45.7 Å². The van der Waals surface area contributed by atoms with Crippen LogP contribution in [0.2, 0.25) is 0 Å². The molecule has 1 fully saturated rings. The van der Waals surface area contributed by atoms with Crippen molar-refractivity contribution in [2.75, 3.05) is 19.6 Å². The lowest BCUT2D eigenvalue weighted by Crippen LogP contribution is -2.52. The smallest absolute Gasteiger partial charge is 0.344 e. The van der Waals surface area contributed by atoms with Crippen LogP contribution >= 0.6 is 0 Å². The Kier molecular flexibility index (Phi) is 7.33. The number of benzene rings is 1. The molecule has 1 aliphatic rings. The topological polar surface area (TPSA) is 111 Å². The fourth-order valence-corrected chi connectivity index (χ4v) is 3.25. The van der Waals surface area contributed by atoms with Crippen LogP contribution in [0.5, 0.6) is 0 Å². The van der Waals surface area contributed by atoms with Crippen LogP contribution in [0.25, 0.3) is 0 Å². The van der Waals surface area contributed by atoms with E-state index in [9.17, 15) is 19.2 Å². The van der Waals surface area contributed by atoms with Crippen molar-refractivity contribution in [3.8, 4) is 0 Å². The van der Waals surface area contributed by atoms with Gasteiger partial charge >= 0.3 is 6.03 Å². The van der Waals surface area contributed by atoms with Crippen LogP contribution in [0.15, 0.2) is 30.3 Å². The first kappa shape index (κ1) is 22.4. The van der Waals surface area contributed by atoms with Crippen LogP contribution in [0.1, 0.15) is 39.7 Å². The molecule has 0 radical (unpaired) electrons. The zero-order valence-corrected chi connectivity index (χ0v) is 17.3. The van der Waals surface area contributed by atoms with E-state index >= 15 is 0 Å². The second-order valence-electron chi connectivity index (χ2n) is 7.26. The molecule has 1 heterocycles. The molecule has 1 aliphatic heterocycles. The minimum Gasteiger partial charge on any atom is -0.353 e. The monoisotopic (exact) mass is 403 g/mol. The molecule has 0 bridgehead atoms. The first-order valence-electron chi connectivity index (χ1n) is 9.76. The summed E-state index contributed by atoms with van der Waals surface area (Å²) in [7, 11) is 0. The summed E-state index contributed by atoms with van der Waals surface area (Å²) in [6.07, 6.45) is 0.338. The number of nitrogens with zero attached hydrogens (tertiary/aromatic N) is 2. The highest BCUT2D eigenvalue weighted by Crippen LogP contribution is 2.31. The lowest BCUT2D eigenvalue weighted by Gasteiger charge is -2.26. The van der Waals surface area contributed by atoms with Crippen molar-refractivity contribution in [3.05, 3.63) is 35.9 Å². The minimum atomic E-state index is -1.22. The average Bonchev–Trinajstić information content (AvgIpc) is 2.92. The summed E-state index contributed by atoms with van der Waals surface area (Å²) in [5.74, 6) is -1.28. The third-order valence-electron chi connectivity index (χ3n) is 4.76. The molecule has 1 aromatic carbocycles. The normalized spacial score (nSPS) is 18.9. The Morgan fingerprint density at radius 3 is 2.28 bits per heavy atom. The lowest BCUT2D eigenvalue weighted by molar-refractivity contribution is -0.140. The van der Waals surface area contributed by atoms with Crippen molar-refractivity contribution in [1.82, 2.24) is 26.0 Å². The Morgan fingerprint density at radius 1 is 1.10 bits per heavy atom. The maximum atomic E-state index is 13.0. The molecule has 1 aromatic rings. The van der Waals surface area contributed by atoms with E-state index in [1.165, 1.54) is 0 Å². The largest absolute Gasteiger partial charge is 0.353 e. The van der Waals surface area contributed by atoms with Gasteiger partial charge in [0.15, 0.2) is 0 Å². The molecule has 29 heavy (non-hydrogen) atoms. The van der Waals surface area contributed by atoms with Gasteiger partial charge in [0.2, 0.25) is 5.91 Å². The number of imide groups is 1. The number of hydrazine groups is 1. The first-order valence-corrected chi connectivity index (χ1v) is 9.76. The Labute approximate surface area is 170 Å². The number of nitrogens with one attached hydrogen (secondary N) is 3. The fourth-order valence-electron chi connectivity index (χ4n) is 3.25. The molecule has 1 unspecified atom stereocenters. The van der Waals surface area contributed by atoms with E-state index in [1.807, 2.05) is 26.8 Å². The van der Waals surface area contributed by atoms with E-state index in [-0.39, 0.29) is 25.0 Å². The molecule has 3 N–H and O–H groups in total. The van der Waals surface area contributed by atoms with Crippen LogP contribution < -0.4 is 16.1 Å². The highest BCUT2D eigenvalue weighted by Gasteiger charge is 2.52. The number of urea groups is 1. The molecule has 0 aromatic heterocycles. The zero-order valence-electron chi connectivity index (χ0n) is 17.3. The van der Waals surface area contributed by atoms with Gasteiger partial charge in [-0.15, -0.1) is 0 Å². The molecule has 0 spiro atoms. The third kappa shape index (κ3) is 5.11. The standard InChI is InChI=1S/C20H29N5O4/c1-5-20(15-10-8-7-9-11-15)18(28)25(19(29)22-20)23-17(27)13-24(6-2)12-16(26)21-14(3)4/h7-11,14H,5-6,12-13H2,1-4H3,(H,21,26)(H,22,29)(H,23,27). The molecular formula is C20H29N5O4. The number of carbonyl (C=O) groups is 4. The number of likely N-dealkylation sites (N-methyl/N-ethyl adjacent to an activating group) is 1. The van der Waals surface area contributed by atoms with Crippen LogP contribution in [0, 0.1) is 0 Å². The molecule has 2 rings (SSSR count). The Balaban J connectivity index is 2.05. The summed E-state index contributed by atoms with van der Waals surface area (Å²) in [4.78, 5) is 51.4. The van der Waals surface area contributed by atoms with Crippen LogP contribution in [-0.4, -0.2) is 59.3 Å². The Bertz CT molecular complexity index is 767.